The molecular weight excluding hydrogens is 657 g/mol. The van der Waals surface area contributed by atoms with Crippen LogP contribution in [0.15, 0.2) is 127 Å². The number of para-hydroxylation sites is 2. The lowest BCUT2D eigenvalue weighted by Crippen LogP contribution is -2.56. The molecule has 0 radical (unpaired) electrons. The largest absolute Gasteiger partial charge is 0.278 e. The Hall–Kier alpha value is -5.09. The van der Waals surface area contributed by atoms with E-state index >= 15 is 0 Å². The van der Waals surface area contributed by atoms with Crippen LogP contribution in [0.5, 0.6) is 0 Å². The van der Waals surface area contributed by atoms with Crippen LogP contribution in [-0.2, 0) is 5.41 Å². The minimum absolute atomic E-state index is 0.292. The van der Waals surface area contributed by atoms with Gasteiger partial charge < -0.3 is 0 Å². The Morgan fingerprint density at radius 1 is 0.519 bits per heavy atom. The van der Waals surface area contributed by atoms with Crippen molar-refractivity contribution in [1.29, 1.82) is 0 Å². The summed E-state index contributed by atoms with van der Waals surface area (Å²) in [6.45, 7) is 2.71. The average molecular weight is 703 g/mol. The maximum absolute atomic E-state index is 5.23. The van der Waals surface area contributed by atoms with Crippen LogP contribution in [0.3, 0.4) is 0 Å². The first-order chi connectivity index (χ1) is 26.6. The molecule has 2 aromatic heterocycles. The summed E-state index contributed by atoms with van der Waals surface area (Å²) in [6.07, 6.45) is 10.5. The van der Waals surface area contributed by atoms with Gasteiger partial charge in [-0.3, -0.25) is 4.57 Å². The Bertz CT molecular complexity index is 2520. The minimum atomic E-state index is 0.292. The monoisotopic (exact) mass is 702 g/mol. The molecule has 4 nitrogen and oxygen atoms in total. The Balaban J connectivity index is 0.941. The standard InChI is InChI=1S/C50H46N4/c1-50(38-23-20-34-28-36-24-30-25-42(34)46(50)43(26-30)41(36)29-38)37-21-18-31(19-22-37)33-12-9-13-35(27-33)48-51-47(32-10-3-2-4-11-32)52-49(53-48)54-44-16-7-5-14-39(44)40-15-6-8-17-45(40)54/h2-19,21-22,27,30,34,36,38,41-43,46H,20,23-26,28-29H2,1H3. The first-order valence-corrected chi connectivity index (χ1v) is 20.6. The van der Waals surface area contributed by atoms with Gasteiger partial charge in [0, 0.05) is 21.9 Å². The van der Waals surface area contributed by atoms with E-state index in [1.807, 2.05) is 18.2 Å². The highest BCUT2D eigenvalue weighted by atomic mass is 15.2. The molecule has 54 heavy (non-hydrogen) atoms. The normalized spacial score (nSPS) is 30.6. The molecule has 5 aromatic carbocycles. The van der Waals surface area contributed by atoms with E-state index in [-0.39, 0.29) is 0 Å². The SMILES string of the molecule is CC1(c2ccc(-c3cccc(-c4nc(-c5ccccc5)nc(-n5c6ccccc6c6ccccc65)n4)c3)cc2)C2CCC3CC4CC5CC3C1C(C5)C4C2. The van der Waals surface area contributed by atoms with Gasteiger partial charge in [0.15, 0.2) is 11.6 Å². The van der Waals surface area contributed by atoms with E-state index < -0.39 is 0 Å². The molecule has 2 heterocycles. The number of hydrogen-bond acceptors (Lipinski definition) is 3. The molecule has 8 bridgehead atoms. The van der Waals surface area contributed by atoms with E-state index in [0.29, 0.717) is 23.0 Å². The van der Waals surface area contributed by atoms with Gasteiger partial charge in [-0.25, -0.2) is 4.98 Å². The lowest BCUT2D eigenvalue weighted by Gasteiger charge is -2.61. The zero-order chi connectivity index (χ0) is 35.5. The highest BCUT2D eigenvalue weighted by molar-refractivity contribution is 6.09. The zero-order valence-electron chi connectivity index (χ0n) is 31.0. The van der Waals surface area contributed by atoms with Crippen molar-refractivity contribution in [3.63, 3.8) is 0 Å². The highest BCUT2D eigenvalue weighted by Gasteiger charge is 2.64. The fourth-order valence-electron chi connectivity index (χ4n) is 13.4. The summed E-state index contributed by atoms with van der Waals surface area (Å²) in [7, 11) is 0. The number of hydrogen-bond donors (Lipinski definition) is 0. The van der Waals surface area contributed by atoms with Crippen molar-refractivity contribution in [3.05, 3.63) is 133 Å². The molecule has 6 fully saturated rings. The van der Waals surface area contributed by atoms with Gasteiger partial charge in [-0.1, -0.05) is 116 Å². The molecular formula is C50H46N4. The number of aromatic nitrogens is 4. The van der Waals surface area contributed by atoms with Gasteiger partial charge in [0.2, 0.25) is 5.95 Å². The van der Waals surface area contributed by atoms with E-state index in [9.17, 15) is 0 Å². The predicted molar refractivity (Wildman–Crippen MR) is 218 cm³/mol. The molecule has 13 rings (SSSR count). The summed E-state index contributed by atoms with van der Waals surface area (Å²) in [5, 5.41) is 2.38. The van der Waals surface area contributed by atoms with Crippen molar-refractivity contribution in [2.75, 3.05) is 0 Å². The molecule has 6 aliphatic rings. The molecule has 6 saturated carbocycles. The fraction of sp³-hybridized carbons (Fsp3) is 0.340. The van der Waals surface area contributed by atoms with Crippen molar-refractivity contribution >= 4 is 21.8 Å². The first kappa shape index (κ1) is 31.3. The number of fused-ring (bicyclic) bond motifs is 4. The molecule has 0 saturated heterocycles. The van der Waals surface area contributed by atoms with Gasteiger partial charge in [0.25, 0.3) is 0 Å². The maximum Gasteiger partial charge on any atom is 0.238 e. The van der Waals surface area contributed by atoms with Crippen LogP contribution in [0.1, 0.15) is 57.4 Å². The van der Waals surface area contributed by atoms with Crippen molar-refractivity contribution < 1.29 is 0 Å². The summed E-state index contributed by atoms with van der Waals surface area (Å²) >= 11 is 0. The minimum Gasteiger partial charge on any atom is -0.278 e. The Morgan fingerprint density at radius 2 is 1.19 bits per heavy atom. The Labute approximate surface area is 317 Å². The van der Waals surface area contributed by atoms with Crippen molar-refractivity contribution in [3.8, 4) is 39.9 Å². The molecule has 0 spiro atoms. The molecule has 9 unspecified atom stereocenters. The third-order valence-corrected chi connectivity index (χ3v) is 15.5. The van der Waals surface area contributed by atoms with Crippen LogP contribution < -0.4 is 0 Å². The van der Waals surface area contributed by atoms with Gasteiger partial charge >= 0.3 is 0 Å². The zero-order valence-corrected chi connectivity index (χ0v) is 31.0. The van der Waals surface area contributed by atoms with E-state index in [4.69, 9.17) is 15.0 Å². The second-order valence-corrected chi connectivity index (χ2v) is 17.8. The topological polar surface area (TPSA) is 43.6 Å². The molecule has 4 heteroatoms. The van der Waals surface area contributed by atoms with E-state index in [1.165, 1.54) is 54.0 Å². The van der Waals surface area contributed by atoms with Crippen molar-refractivity contribution in [1.82, 2.24) is 19.5 Å². The molecule has 0 aliphatic heterocycles. The molecule has 6 aliphatic carbocycles. The second-order valence-electron chi connectivity index (χ2n) is 17.8. The van der Waals surface area contributed by atoms with Crippen LogP contribution in [0.4, 0.5) is 0 Å². The van der Waals surface area contributed by atoms with Crippen molar-refractivity contribution in [2.45, 2.75) is 57.3 Å². The van der Waals surface area contributed by atoms with Gasteiger partial charge in [-0.05, 0) is 133 Å². The summed E-state index contributed by atoms with van der Waals surface area (Å²) in [6, 6.07) is 46.0. The number of rotatable bonds is 5. The highest BCUT2D eigenvalue weighted by Crippen LogP contribution is 2.71. The summed E-state index contributed by atoms with van der Waals surface area (Å²) in [5.41, 5.74) is 8.48. The smallest absolute Gasteiger partial charge is 0.238 e. The number of benzene rings is 5. The molecule has 0 N–H and O–H groups in total. The third-order valence-electron chi connectivity index (χ3n) is 15.5. The number of nitrogens with zero attached hydrogens (tertiary/aromatic N) is 4. The predicted octanol–water partition coefficient (Wildman–Crippen LogP) is 12.0. The van der Waals surface area contributed by atoms with Crippen LogP contribution in [0, 0.1) is 47.3 Å². The Morgan fingerprint density at radius 3 is 1.96 bits per heavy atom. The van der Waals surface area contributed by atoms with E-state index in [0.717, 1.165) is 69.5 Å². The van der Waals surface area contributed by atoms with E-state index in [2.05, 4.69) is 121 Å². The first-order valence-electron chi connectivity index (χ1n) is 20.6. The summed E-state index contributed by atoms with van der Waals surface area (Å²) in [5.74, 6) is 9.62. The summed E-state index contributed by atoms with van der Waals surface area (Å²) in [4.78, 5) is 15.5. The Kier molecular flexibility index (Phi) is 6.78. The van der Waals surface area contributed by atoms with Crippen LogP contribution in [0.25, 0.3) is 61.7 Å². The second kappa shape index (κ2) is 11.7. The quantitative estimate of drug-likeness (QED) is 0.179. The van der Waals surface area contributed by atoms with Gasteiger partial charge in [-0.2, -0.15) is 9.97 Å². The van der Waals surface area contributed by atoms with E-state index in [1.54, 1.807) is 18.4 Å². The van der Waals surface area contributed by atoms with Crippen LogP contribution >= 0.6 is 0 Å². The lowest BCUT2D eigenvalue weighted by atomic mass is 9.43. The third kappa shape index (κ3) is 4.52. The molecule has 9 atom stereocenters. The van der Waals surface area contributed by atoms with Crippen LogP contribution in [0.2, 0.25) is 0 Å². The van der Waals surface area contributed by atoms with Crippen LogP contribution in [-0.4, -0.2) is 19.5 Å². The van der Waals surface area contributed by atoms with Gasteiger partial charge in [0.05, 0.1) is 11.0 Å². The molecule has 266 valence electrons. The van der Waals surface area contributed by atoms with Gasteiger partial charge in [-0.15, -0.1) is 0 Å². The molecule has 7 aromatic rings. The van der Waals surface area contributed by atoms with Gasteiger partial charge in [0.1, 0.15) is 0 Å². The maximum atomic E-state index is 5.23. The summed E-state index contributed by atoms with van der Waals surface area (Å²) < 4.78 is 2.19. The van der Waals surface area contributed by atoms with Crippen molar-refractivity contribution in [2.24, 2.45) is 47.3 Å². The fourth-order valence-corrected chi connectivity index (χ4v) is 13.4. The lowest BCUT2D eigenvalue weighted by molar-refractivity contribution is -0.0870. The molecule has 0 amide bonds. The average Bonchev–Trinajstić information content (AvgIpc) is 3.41.